The summed E-state index contributed by atoms with van der Waals surface area (Å²) >= 11 is 9.40. The smallest absolute Gasteiger partial charge is 0.126 e. The van der Waals surface area contributed by atoms with Crippen LogP contribution in [-0.2, 0) is 6.42 Å². The van der Waals surface area contributed by atoms with Gasteiger partial charge >= 0.3 is 0 Å². The van der Waals surface area contributed by atoms with E-state index in [4.69, 9.17) is 11.6 Å². The Bertz CT molecular complexity index is 355. The number of hydrogen-bond acceptors (Lipinski definition) is 0. The van der Waals surface area contributed by atoms with Crippen LogP contribution in [0.25, 0.3) is 0 Å². The lowest BCUT2D eigenvalue weighted by Gasteiger charge is -2.40. The highest BCUT2D eigenvalue weighted by molar-refractivity contribution is 9.09. The Hall–Kier alpha value is -0.0800. The van der Waals surface area contributed by atoms with E-state index in [2.05, 4.69) is 15.9 Å². The molecule has 3 heteroatoms. The van der Waals surface area contributed by atoms with E-state index < -0.39 is 0 Å². The van der Waals surface area contributed by atoms with Gasteiger partial charge in [-0.05, 0) is 48.4 Å². The Morgan fingerprint density at radius 3 is 2.67 bits per heavy atom. The van der Waals surface area contributed by atoms with Crippen molar-refractivity contribution in [1.29, 1.82) is 0 Å². The van der Waals surface area contributed by atoms with Crippen LogP contribution in [0.3, 0.4) is 0 Å². The number of alkyl halides is 1. The van der Waals surface area contributed by atoms with E-state index in [0.29, 0.717) is 5.02 Å². The van der Waals surface area contributed by atoms with Crippen molar-refractivity contribution < 1.29 is 4.39 Å². The lowest BCUT2D eigenvalue weighted by molar-refractivity contribution is 0.168. The van der Waals surface area contributed by atoms with Gasteiger partial charge in [-0.15, -0.1) is 0 Å². The lowest BCUT2D eigenvalue weighted by Crippen LogP contribution is -2.33. The standard InChI is InChI=1S/C12H13BrClF/c13-8-12(4-1-5-12)7-9-6-10(14)2-3-11(9)15/h2-3,6H,1,4-5,7-8H2. The van der Waals surface area contributed by atoms with Gasteiger partial charge in [-0.2, -0.15) is 0 Å². The zero-order valence-electron chi connectivity index (χ0n) is 8.40. The van der Waals surface area contributed by atoms with Gasteiger partial charge in [0.05, 0.1) is 0 Å². The van der Waals surface area contributed by atoms with Crippen LogP contribution in [0.1, 0.15) is 24.8 Å². The summed E-state index contributed by atoms with van der Waals surface area (Å²) in [6.07, 6.45) is 4.42. The van der Waals surface area contributed by atoms with Crippen molar-refractivity contribution in [2.45, 2.75) is 25.7 Å². The summed E-state index contributed by atoms with van der Waals surface area (Å²) < 4.78 is 13.5. The monoisotopic (exact) mass is 290 g/mol. The Balaban J connectivity index is 2.19. The highest BCUT2D eigenvalue weighted by Gasteiger charge is 2.36. The maximum atomic E-state index is 13.5. The van der Waals surface area contributed by atoms with Crippen LogP contribution in [0.2, 0.25) is 5.02 Å². The first kappa shape index (κ1) is 11.4. The van der Waals surface area contributed by atoms with Crippen molar-refractivity contribution in [1.82, 2.24) is 0 Å². The molecular weight excluding hydrogens is 278 g/mol. The predicted octanol–water partition coefficient (Wildman–Crippen LogP) is 4.59. The van der Waals surface area contributed by atoms with E-state index >= 15 is 0 Å². The Labute approximate surface area is 103 Å². The molecule has 0 amide bonds. The minimum atomic E-state index is -0.133. The van der Waals surface area contributed by atoms with Gasteiger partial charge < -0.3 is 0 Å². The van der Waals surface area contributed by atoms with Crippen LogP contribution in [0.5, 0.6) is 0 Å². The summed E-state index contributed by atoms with van der Waals surface area (Å²) in [6.45, 7) is 0. The van der Waals surface area contributed by atoms with Gasteiger partial charge in [0.1, 0.15) is 5.82 Å². The average Bonchev–Trinajstić information content (AvgIpc) is 2.17. The van der Waals surface area contributed by atoms with Crippen LogP contribution in [0.15, 0.2) is 18.2 Å². The second-order valence-corrected chi connectivity index (χ2v) is 5.40. The second-order valence-electron chi connectivity index (χ2n) is 4.40. The summed E-state index contributed by atoms with van der Waals surface area (Å²) in [5.74, 6) is -0.133. The fourth-order valence-electron chi connectivity index (χ4n) is 2.12. The van der Waals surface area contributed by atoms with Crippen LogP contribution in [-0.4, -0.2) is 5.33 Å². The lowest BCUT2D eigenvalue weighted by atomic mass is 9.67. The van der Waals surface area contributed by atoms with Crippen molar-refractivity contribution in [2.24, 2.45) is 5.41 Å². The molecule has 0 nitrogen and oxygen atoms in total. The molecule has 15 heavy (non-hydrogen) atoms. The molecule has 0 unspecified atom stereocenters. The number of hydrogen-bond donors (Lipinski definition) is 0. The number of halogens is 3. The molecule has 0 aromatic heterocycles. The highest BCUT2D eigenvalue weighted by Crippen LogP contribution is 2.45. The number of benzene rings is 1. The molecule has 1 aliphatic carbocycles. The van der Waals surface area contributed by atoms with Crippen molar-refractivity contribution in [2.75, 3.05) is 5.33 Å². The predicted molar refractivity (Wildman–Crippen MR) is 65.2 cm³/mol. The molecule has 0 saturated heterocycles. The zero-order valence-corrected chi connectivity index (χ0v) is 10.7. The fraction of sp³-hybridized carbons (Fsp3) is 0.500. The van der Waals surface area contributed by atoms with Gasteiger partial charge in [-0.25, -0.2) is 4.39 Å². The molecule has 1 aromatic rings. The van der Waals surface area contributed by atoms with Crippen LogP contribution in [0.4, 0.5) is 4.39 Å². The van der Waals surface area contributed by atoms with Crippen LogP contribution >= 0.6 is 27.5 Å². The average molecular weight is 292 g/mol. The molecule has 1 aliphatic rings. The molecule has 1 fully saturated rings. The van der Waals surface area contributed by atoms with Crippen LogP contribution in [0, 0.1) is 11.2 Å². The molecule has 0 N–H and O–H groups in total. The van der Waals surface area contributed by atoms with Gasteiger partial charge in [0.15, 0.2) is 0 Å². The summed E-state index contributed by atoms with van der Waals surface area (Å²) in [7, 11) is 0. The van der Waals surface area contributed by atoms with Crippen LogP contribution < -0.4 is 0 Å². The van der Waals surface area contributed by atoms with E-state index in [1.807, 2.05) is 0 Å². The first-order chi connectivity index (χ1) is 7.15. The summed E-state index contributed by atoms with van der Waals surface area (Å²) in [6, 6.07) is 4.81. The van der Waals surface area contributed by atoms with Gasteiger partial charge in [0.2, 0.25) is 0 Å². The van der Waals surface area contributed by atoms with Gasteiger partial charge in [-0.1, -0.05) is 34.0 Å². The Kier molecular flexibility index (Phi) is 3.36. The Morgan fingerprint density at radius 2 is 2.13 bits per heavy atom. The molecule has 0 radical (unpaired) electrons. The molecular formula is C12H13BrClF. The molecule has 1 aromatic carbocycles. The maximum Gasteiger partial charge on any atom is 0.126 e. The highest BCUT2D eigenvalue weighted by atomic mass is 79.9. The molecule has 0 heterocycles. The fourth-order valence-corrected chi connectivity index (χ4v) is 3.07. The molecule has 2 rings (SSSR count). The first-order valence-corrected chi connectivity index (χ1v) is 6.65. The minimum absolute atomic E-state index is 0.133. The normalized spacial score (nSPS) is 18.6. The van der Waals surface area contributed by atoms with Gasteiger partial charge in [0, 0.05) is 10.4 Å². The SMILES string of the molecule is Fc1ccc(Cl)cc1CC1(CBr)CCC1. The number of rotatable bonds is 3. The van der Waals surface area contributed by atoms with E-state index in [9.17, 15) is 4.39 Å². The zero-order chi connectivity index (χ0) is 10.9. The summed E-state index contributed by atoms with van der Waals surface area (Å²) in [4.78, 5) is 0. The van der Waals surface area contributed by atoms with Gasteiger partial charge in [-0.3, -0.25) is 0 Å². The molecule has 0 atom stereocenters. The molecule has 82 valence electrons. The summed E-state index contributed by atoms with van der Waals surface area (Å²) in [5, 5.41) is 1.57. The molecule has 0 bridgehead atoms. The van der Waals surface area contributed by atoms with E-state index in [-0.39, 0.29) is 11.2 Å². The Morgan fingerprint density at radius 1 is 1.40 bits per heavy atom. The van der Waals surface area contributed by atoms with Crippen molar-refractivity contribution in [3.05, 3.63) is 34.6 Å². The third kappa shape index (κ3) is 2.36. The first-order valence-electron chi connectivity index (χ1n) is 5.15. The largest absolute Gasteiger partial charge is 0.207 e. The van der Waals surface area contributed by atoms with E-state index in [1.54, 1.807) is 12.1 Å². The third-order valence-electron chi connectivity index (χ3n) is 3.27. The molecule has 0 aliphatic heterocycles. The van der Waals surface area contributed by atoms with E-state index in [1.165, 1.54) is 25.3 Å². The minimum Gasteiger partial charge on any atom is -0.207 e. The molecule has 1 saturated carbocycles. The van der Waals surface area contributed by atoms with Crippen molar-refractivity contribution in [3.8, 4) is 0 Å². The van der Waals surface area contributed by atoms with E-state index in [0.717, 1.165) is 17.3 Å². The second kappa shape index (κ2) is 4.42. The quantitative estimate of drug-likeness (QED) is 0.715. The topological polar surface area (TPSA) is 0 Å². The maximum absolute atomic E-state index is 13.5. The molecule has 0 spiro atoms. The van der Waals surface area contributed by atoms with Crippen molar-refractivity contribution in [3.63, 3.8) is 0 Å². The van der Waals surface area contributed by atoms with Crippen molar-refractivity contribution >= 4 is 27.5 Å². The van der Waals surface area contributed by atoms with Gasteiger partial charge in [0.25, 0.3) is 0 Å². The third-order valence-corrected chi connectivity index (χ3v) is 4.70. The summed E-state index contributed by atoms with van der Waals surface area (Å²) in [5.41, 5.74) is 1.02.